The molecule has 0 N–H and O–H groups in total. The number of aryl methyl sites for hydroxylation is 1. The minimum Gasteiger partial charge on any atom is -0.465 e. The summed E-state index contributed by atoms with van der Waals surface area (Å²) in [5.74, 6) is -0.828. The van der Waals surface area contributed by atoms with Crippen LogP contribution in [0.25, 0.3) is 0 Å². The minimum atomic E-state index is -5.85. The van der Waals surface area contributed by atoms with Gasteiger partial charge in [0.25, 0.3) is 0 Å². The van der Waals surface area contributed by atoms with Crippen LogP contribution in [-0.2, 0) is 16.5 Å². The highest BCUT2D eigenvalue weighted by molar-refractivity contribution is 7.87. The van der Waals surface area contributed by atoms with E-state index in [0.717, 1.165) is 6.07 Å². The van der Waals surface area contributed by atoms with Gasteiger partial charge in [-0.1, -0.05) is 6.92 Å². The molecule has 1 heterocycles. The van der Waals surface area contributed by atoms with Crippen molar-refractivity contribution in [1.29, 1.82) is 0 Å². The van der Waals surface area contributed by atoms with Crippen LogP contribution < -0.4 is 9.61 Å². The number of alkyl halides is 3. The zero-order chi connectivity index (χ0) is 13.3. The molecule has 0 saturated carbocycles. The molecule has 0 radical (unpaired) electrons. The molecule has 0 amide bonds. The van der Waals surface area contributed by atoms with E-state index in [1.165, 1.54) is 0 Å². The maximum atomic E-state index is 12.0. The van der Waals surface area contributed by atoms with E-state index < -0.39 is 26.8 Å². The fourth-order valence-corrected chi connectivity index (χ4v) is 1.30. The fraction of sp³-hybridized carbons (Fsp3) is 0.375. The van der Waals surface area contributed by atoms with Gasteiger partial charge in [0.05, 0.1) is 0 Å². The van der Waals surface area contributed by atoms with Crippen molar-refractivity contribution >= 4 is 10.1 Å². The summed E-state index contributed by atoms with van der Waals surface area (Å²) in [4.78, 5) is 11.2. The van der Waals surface area contributed by atoms with E-state index in [1.807, 2.05) is 0 Å². The molecule has 9 heteroatoms. The molecule has 0 aliphatic heterocycles. The third-order valence-electron chi connectivity index (χ3n) is 1.68. The number of rotatable bonds is 3. The first kappa shape index (κ1) is 13.6. The summed E-state index contributed by atoms with van der Waals surface area (Å²) in [5, 5.41) is 0. The van der Waals surface area contributed by atoms with Gasteiger partial charge in [-0.15, -0.1) is 0 Å². The van der Waals surface area contributed by atoms with Crippen LogP contribution in [0.5, 0.6) is 5.75 Å². The van der Waals surface area contributed by atoms with Gasteiger partial charge in [0.2, 0.25) is 11.2 Å². The molecule has 0 unspecified atom stereocenters. The second-order valence-corrected chi connectivity index (χ2v) is 4.45. The zero-order valence-corrected chi connectivity index (χ0v) is 9.26. The van der Waals surface area contributed by atoms with Gasteiger partial charge >= 0.3 is 15.6 Å². The van der Waals surface area contributed by atoms with Crippen molar-refractivity contribution in [2.45, 2.75) is 18.9 Å². The molecule has 5 nitrogen and oxygen atoms in total. The molecular weight excluding hydrogens is 265 g/mol. The molecule has 0 saturated heterocycles. The van der Waals surface area contributed by atoms with Gasteiger partial charge in [-0.05, 0) is 0 Å². The second-order valence-electron chi connectivity index (χ2n) is 2.91. The van der Waals surface area contributed by atoms with E-state index in [1.54, 1.807) is 6.92 Å². The standard InChI is InChI=1S/C8H7F3O5S/c1-2-5-3-6(12)7(4-15-5)16-17(13,14)8(9,10)11/h3-4H,2H2,1H3. The smallest absolute Gasteiger partial charge is 0.465 e. The molecule has 0 aromatic carbocycles. The predicted molar refractivity (Wildman–Crippen MR) is 50.0 cm³/mol. The highest BCUT2D eigenvalue weighted by atomic mass is 32.2. The van der Waals surface area contributed by atoms with E-state index in [9.17, 15) is 26.4 Å². The second kappa shape index (κ2) is 4.40. The van der Waals surface area contributed by atoms with E-state index in [2.05, 4.69) is 4.18 Å². The molecule has 0 aliphatic rings. The molecule has 1 rings (SSSR count). The monoisotopic (exact) mass is 272 g/mol. The van der Waals surface area contributed by atoms with Gasteiger partial charge in [-0.3, -0.25) is 4.79 Å². The molecule has 0 fully saturated rings. The molecule has 0 aliphatic carbocycles. The van der Waals surface area contributed by atoms with Gasteiger partial charge in [0.1, 0.15) is 12.0 Å². The summed E-state index contributed by atoms with van der Waals surface area (Å²) in [7, 11) is -5.85. The van der Waals surface area contributed by atoms with E-state index in [-0.39, 0.29) is 5.76 Å². The Morgan fingerprint density at radius 1 is 1.41 bits per heavy atom. The number of hydrogen-bond acceptors (Lipinski definition) is 5. The maximum Gasteiger partial charge on any atom is 0.534 e. The summed E-state index contributed by atoms with van der Waals surface area (Å²) in [5.41, 5.74) is -6.59. The molecule has 0 bridgehead atoms. The Hall–Kier alpha value is -1.51. The lowest BCUT2D eigenvalue weighted by molar-refractivity contribution is -0.0500. The summed E-state index contributed by atoms with van der Waals surface area (Å²) in [6.45, 7) is 1.64. The molecule has 17 heavy (non-hydrogen) atoms. The van der Waals surface area contributed by atoms with Crippen molar-refractivity contribution in [3.63, 3.8) is 0 Å². The van der Waals surface area contributed by atoms with Crippen LogP contribution in [-0.4, -0.2) is 13.9 Å². The predicted octanol–water partition coefficient (Wildman–Crippen LogP) is 1.43. The zero-order valence-electron chi connectivity index (χ0n) is 8.45. The van der Waals surface area contributed by atoms with Crippen molar-refractivity contribution in [2.75, 3.05) is 0 Å². The summed E-state index contributed by atoms with van der Waals surface area (Å²) in [6, 6.07) is 0.862. The third-order valence-corrected chi connectivity index (χ3v) is 2.65. The van der Waals surface area contributed by atoms with Crippen molar-refractivity contribution in [3.05, 3.63) is 28.3 Å². The first-order valence-electron chi connectivity index (χ1n) is 4.30. The quantitative estimate of drug-likeness (QED) is 0.614. The molecule has 96 valence electrons. The fourth-order valence-electron chi connectivity index (χ4n) is 0.850. The van der Waals surface area contributed by atoms with E-state index in [0.29, 0.717) is 12.7 Å². The van der Waals surface area contributed by atoms with Crippen LogP contribution in [0.1, 0.15) is 12.7 Å². The van der Waals surface area contributed by atoms with Crippen molar-refractivity contribution in [3.8, 4) is 5.75 Å². The van der Waals surface area contributed by atoms with Crippen molar-refractivity contribution in [1.82, 2.24) is 0 Å². The van der Waals surface area contributed by atoms with Crippen LogP contribution in [0.4, 0.5) is 13.2 Å². The van der Waals surface area contributed by atoms with E-state index >= 15 is 0 Å². The van der Waals surface area contributed by atoms with Crippen LogP contribution in [0, 0.1) is 0 Å². The van der Waals surface area contributed by atoms with Gasteiger partial charge in [-0.25, -0.2) is 0 Å². The highest BCUT2D eigenvalue weighted by Crippen LogP contribution is 2.25. The minimum absolute atomic E-state index is 0.201. The molecule has 0 atom stereocenters. The topological polar surface area (TPSA) is 73.6 Å². The Labute approximate surface area is 93.9 Å². The van der Waals surface area contributed by atoms with Crippen molar-refractivity contribution < 1.29 is 30.2 Å². The molecule has 1 aromatic rings. The Bertz CT molecular complexity index is 557. The Kier molecular flexibility index (Phi) is 3.51. The van der Waals surface area contributed by atoms with Crippen LogP contribution in [0.2, 0.25) is 0 Å². The lowest BCUT2D eigenvalue weighted by Gasteiger charge is -2.08. The first-order chi connectivity index (χ1) is 7.67. The van der Waals surface area contributed by atoms with Crippen LogP contribution in [0.3, 0.4) is 0 Å². The normalized spacial score (nSPS) is 12.5. The Morgan fingerprint density at radius 2 is 2.00 bits per heavy atom. The summed E-state index contributed by atoms with van der Waals surface area (Å²) >= 11 is 0. The molecule has 1 aromatic heterocycles. The largest absolute Gasteiger partial charge is 0.534 e. The molecular formula is C8H7F3O5S. The van der Waals surface area contributed by atoms with Crippen LogP contribution >= 0.6 is 0 Å². The Balaban J connectivity index is 3.10. The highest BCUT2D eigenvalue weighted by Gasteiger charge is 2.49. The first-order valence-corrected chi connectivity index (χ1v) is 5.70. The van der Waals surface area contributed by atoms with Gasteiger partial charge < -0.3 is 8.60 Å². The third kappa shape index (κ3) is 2.99. The van der Waals surface area contributed by atoms with Gasteiger partial charge in [0, 0.05) is 12.5 Å². The molecule has 0 spiro atoms. The van der Waals surface area contributed by atoms with Crippen molar-refractivity contribution in [2.24, 2.45) is 0 Å². The lowest BCUT2D eigenvalue weighted by atomic mass is 10.3. The van der Waals surface area contributed by atoms with E-state index in [4.69, 9.17) is 4.42 Å². The summed E-state index contributed by atoms with van der Waals surface area (Å²) < 4.78 is 65.4. The lowest BCUT2D eigenvalue weighted by Crippen LogP contribution is -2.29. The van der Waals surface area contributed by atoms with Gasteiger partial charge in [0.15, 0.2) is 0 Å². The Morgan fingerprint density at radius 3 is 2.41 bits per heavy atom. The number of hydrogen-bond donors (Lipinski definition) is 0. The van der Waals surface area contributed by atoms with Crippen LogP contribution in [0.15, 0.2) is 21.5 Å². The van der Waals surface area contributed by atoms with Gasteiger partial charge in [-0.2, -0.15) is 21.6 Å². The maximum absolute atomic E-state index is 12.0. The SMILES string of the molecule is CCc1cc(=O)c(OS(=O)(=O)C(F)(F)F)co1. The average molecular weight is 272 g/mol. The summed E-state index contributed by atoms with van der Waals surface area (Å²) in [6.07, 6.45) is 0.867. The average Bonchev–Trinajstić information content (AvgIpc) is 2.19. The number of halogens is 3.